The number of rotatable bonds is 4. The minimum absolute atomic E-state index is 0.495. The summed E-state index contributed by atoms with van der Waals surface area (Å²) in [6, 6.07) is 17.8. The molecular formula is C23H23N5O2. The molecule has 30 heavy (non-hydrogen) atoms. The minimum Gasteiger partial charge on any atom is -0.497 e. The molecule has 0 atom stereocenters. The summed E-state index contributed by atoms with van der Waals surface area (Å²) < 4.78 is 10.9. The second-order valence-corrected chi connectivity index (χ2v) is 7.49. The minimum atomic E-state index is 0.495. The number of pyridine rings is 1. The first-order valence-electron chi connectivity index (χ1n) is 10.0. The molecule has 0 unspecified atom stereocenters. The molecule has 5 rings (SSSR count). The zero-order chi connectivity index (χ0) is 20.5. The zero-order valence-electron chi connectivity index (χ0n) is 17.1. The molecule has 1 aliphatic heterocycles. The molecule has 2 aromatic carbocycles. The highest BCUT2D eigenvalue weighted by Gasteiger charge is 2.20. The van der Waals surface area contributed by atoms with Crippen LogP contribution in [0.25, 0.3) is 33.7 Å². The second kappa shape index (κ2) is 7.76. The van der Waals surface area contributed by atoms with Gasteiger partial charge in [0.2, 0.25) is 5.82 Å². The van der Waals surface area contributed by atoms with Crippen molar-refractivity contribution in [2.45, 2.75) is 0 Å². The molecule has 0 amide bonds. The maximum Gasteiger partial charge on any atom is 0.259 e. The van der Waals surface area contributed by atoms with Gasteiger partial charge in [0.1, 0.15) is 11.6 Å². The second-order valence-electron chi connectivity index (χ2n) is 7.49. The van der Waals surface area contributed by atoms with Crippen LogP contribution >= 0.6 is 0 Å². The number of nitrogens with zero attached hydrogens (tertiary/aromatic N) is 5. The van der Waals surface area contributed by atoms with Gasteiger partial charge in [-0.2, -0.15) is 4.98 Å². The van der Waals surface area contributed by atoms with Gasteiger partial charge in [-0.3, -0.25) is 0 Å². The summed E-state index contributed by atoms with van der Waals surface area (Å²) in [5, 5.41) is 5.21. The lowest BCUT2D eigenvalue weighted by molar-refractivity contribution is 0.312. The molecule has 2 aromatic heterocycles. The predicted octanol–water partition coefficient (Wildman–Crippen LogP) is 3.71. The average Bonchev–Trinajstić information content (AvgIpc) is 3.29. The highest BCUT2D eigenvalue weighted by atomic mass is 16.5. The van der Waals surface area contributed by atoms with E-state index in [1.165, 1.54) is 0 Å². The molecule has 1 fully saturated rings. The summed E-state index contributed by atoms with van der Waals surface area (Å²) in [6.45, 7) is 3.93. The molecule has 7 heteroatoms. The number of likely N-dealkylation sites (N-methyl/N-ethyl adjacent to an activating group) is 1. The van der Waals surface area contributed by atoms with Crippen molar-refractivity contribution in [1.29, 1.82) is 0 Å². The Morgan fingerprint density at radius 2 is 1.70 bits per heavy atom. The number of methoxy groups -OCH3 is 1. The monoisotopic (exact) mass is 401 g/mol. The Morgan fingerprint density at radius 3 is 2.47 bits per heavy atom. The Morgan fingerprint density at radius 1 is 0.933 bits per heavy atom. The van der Waals surface area contributed by atoms with E-state index in [0.717, 1.165) is 59.8 Å². The molecule has 0 aliphatic carbocycles. The molecular weight excluding hydrogens is 378 g/mol. The number of hydrogen-bond donors (Lipinski definition) is 0. The van der Waals surface area contributed by atoms with Gasteiger partial charge in [0.15, 0.2) is 0 Å². The number of para-hydroxylation sites is 1. The number of piperazine rings is 1. The highest BCUT2D eigenvalue weighted by Crippen LogP contribution is 2.32. The zero-order valence-corrected chi connectivity index (χ0v) is 17.1. The van der Waals surface area contributed by atoms with E-state index in [2.05, 4.69) is 33.1 Å². The molecule has 1 aliphatic rings. The Labute approximate surface area is 174 Å². The summed E-state index contributed by atoms with van der Waals surface area (Å²) in [7, 11) is 3.80. The summed E-state index contributed by atoms with van der Waals surface area (Å²) in [5.41, 5.74) is 2.71. The average molecular weight is 401 g/mol. The molecule has 1 saturated heterocycles. The molecule has 152 valence electrons. The molecule has 3 heterocycles. The van der Waals surface area contributed by atoms with Crippen LogP contribution in [-0.2, 0) is 0 Å². The van der Waals surface area contributed by atoms with Crippen molar-refractivity contribution in [3.63, 3.8) is 0 Å². The third-order valence-corrected chi connectivity index (χ3v) is 5.53. The van der Waals surface area contributed by atoms with Gasteiger partial charge in [-0.05, 0) is 43.4 Å². The number of ether oxygens (including phenoxy) is 1. The van der Waals surface area contributed by atoms with Gasteiger partial charge >= 0.3 is 0 Å². The molecule has 0 N–H and O–H groups in total. The Kier molecular flexibility index (Phi) is 4.80. The van der Waals surface area contributed by atoms with Gasteiger partial charge in [-0.1, -0.05) is 23.4 Å². The van der Waals surface area contributed by atoms with Crippen molar-refractivity contribution in [2.75, 3.05) is 45.2 Å². The molecule has 0 saturated carbocycles. The normalized spacial score (nSPS) is 14.9. The van der Waals surface area contributed by atoms with Crippen LogP contribution in [0.2, 0.25) is 0 Å². The van der Waals surface area contributed by atoms with Crippen LogP contribution in [0.1, 0.15) is 0 Å². The van der Waals surface area contributed by atoms with E-state index in [9.17, 15) is 0 Å². The fourth-order valence-corrected chi connectivity index (χ4v) is 3.73. The van der Waals surface area contributed by atoms with Crippen LogP contribution in [0.15, 0.2) is 59.1 Å². The largest absolute Gasteiger partial charge is 0.497 e. The number of anilines is 1. The predicted molar refractivity (Wildman–Crippen MR) is 117 cm³/mol. The topological polar surface area (TPSA) is 67.5 Å². The molecule has 4 aromatic rings. The number of hydrogen-bond acceptors (Lipinski definition) is 7. The van der Waals surface area contributed by atoms with E-state index < -0.39 is 0 Å². The van der Waals surface area contributed by atoms with E-state index in [1.807, 2.05) is 48.5 Å². The summed E-state index contributed by atoms with van der Waals surface area (Å²) >= 11 is 0. The van der Waals surface area contributed by atoms with E-state index in [4.69, 9.17) is 14.2 Å². The van der Waals surface area contributed by atoms with Crippen LogP contribution in [0, 0.1) is 0 Å². The fourth-order valence-electron chi connectivity index (χ4n) is 3.73. The van der Waals surface area contributed by atoms with Gasteiger partial charge in [0.05, 0.1) is 18.2 Å². The molecule has 7 nitrogen and oxygen atoms in total. The van der Waals surface area contributed by atoms with Crippen molar-refractivity contribution < 1.29 is 9.26 Å². The van der Waals surface area contributed by atoms with E-state index in [-0.39, 0.29) is 0 Å². The van der Waals surface area contributed by atoms with E-state index in [1.54, 1.807) is 7.11 Å². The lowest BCUT2D eigenvalue weighted by atomic mass is 10.1. The lowest BCUT2D eigenvalue weighted by Crippen LogP contribution is -2.44. The van der Waals surface area contributed by atoms with Crippen molar-refractivity contribution in [3.8, 4) is 28.6 Å². The van der Waals surface area contributed by atoms with Gasteiger partial charge in [0.25, 0.3) is 5.89 Å². The third kappa shape index (κ3) is 3.48. The number of benzene rings is 2. The highest BCUT2D eigenvalue weighted by molar-refractivity contribution is 5.94. The first-order valence-corrected chi connectivity index (χ1v) is 10.0. The van der Waals surface area contributed by atoms with Crippen molar-refractivity contribution >= 4 is 16.7 Å². The lowest BCUT2D eigenvalue weighted by Gasteiger charge is -2.33. The van der Waals surface area contributed by atoms with Crippen LogP contribution < -0.4 is 9.64 Å². The summed E-state index contributed by atoms with van der Waals surface area (Å²) in [6.07, 6.45) is 0. The first-order chi connectivity index (χ1) is 14.7. The number of aromatic nitrogens is 3. The quantitative estimate of drug-likeness (QED) is 0.516. The molecule has 0 bridgehead atoms. The maximum atomic E-state index is 5.68. The number of fused-ring (bicyclic) bond motifs is 1. The summed E-state index contributed by atoms with van der Waals surface area (Å²) in [4.78, 5) is 14.2. The Balaban J connectivity index is 1.55. The van der Waals surface area contributed by atoms with E-state index >= 15 is 0 Å². The smallest absolute Gasteiger partial charge is 0.259 e. The Hall–Kier alpha value is -3.45. The first kappa shape index (κ1) is 18.6. The van der Waals surface area contributed by atoms with Crippen molar-refractivity contribution in [1.82, 2.24) is 20.0 Å². The SMILES string of the molecule is COc1ccc(-c2noc(-c3cc(N4CCN(C)CC4)nc4ccccc34)n2)cc1. The summed E-state index contributed by atoms with van der Waals surface area (Å²) in [5.74, 6) is 2.78. The Bertz CT molecular complexity index is 1160. The van der Waals surface area contributed by atoms with Crippen LogP contribution in [-0.4, -0.2) is 60.4 Å². The van der Waals surface area contributed by atoms with Crippen LogP contribution in [0.5, 0.6) is 5.75 Å². The van der Waals surface area contributed by atoms with Crippen LogP contribution in [0.4, 0.5) is 5.82 Å². The fraction of sp³-hybridized carbons (Fsp3) is 0.261. The van der Waals surface area contributed by atoms with Crippen molar-refractivity contribution in [2.24, 2.45) is 0 Å². The maximum absolute atomic E-state index is 5.68. The van der Waals surface area contributed by atoms with Gasteiger partial charge in [-0.25, -0.2) is 4.98 Å². The third-order valence-electron chi connectivity index (χ3n) is 5.53. The van der Waals surface area contributed by atoms with Gasteiger partial charge in [0, 0.05) is 37.1 Å². The van der Waals surface area contributed by atoms with Crippen LogP contribution in [0.3, 0.4) is 0 Å². The van der Waals surface area contributed by atoms with Gasteiger partial charge < -0.3 is 19.1 Å². The van der Waals surface area contributed by atoms with Gasteiger partial charge in [-0.15, -0.1) is 0 Å². The molecule has 0 radical (unpaired) electrons. The van der Waals surface area contributed by atoms with Crippen molar-refractivity contribution in [3.05, 3.63) is 54.6 Å². The molecule has 0 spiro atoms. The van der Waals surface area contributed by atoms with E-state index in [0.29, 0.717) is 11.7 Å². The standard InChI is InChI=1S/C23H23N5O2/c1-27-11-13-28(14-12-27)21-15-19(18-5-3-4-6-20(18)24-21)23-25-22(26-30-23)16-7-9-17(29-2)10-8-16/h3-10,15H,11-14H2,1-2H3.